The molecule has 1 heterocycles. The highest BCUT2D eigenvalue weighted by atomic mass is 35.5. The van der Waals surface area contributed by atoms with Gasteiger partial charge in [0.2, 0.25) is 0 Å². The summed E-state index contributed by atoms with van der Waals surface area (Å²) in [6.45, 7) is 1.12. The van der Waals surface area contributed by atoms with Crippen LogP contribution in [-0.2, 0) is 11.3 Å². The van der Waals surface area contributed by atoms with Crippen LogP contribution < -0.4 is 5.32 Å². The molecule has 19 heavy (non-hydrogen) atoms. The number of anilines is 1. The minimum Gasteiger partial charge on any atom is -0.374 e. The van der Waals surface area contributed by atoms with E-state index in [2.05, 4.69) is 5.32 Å². The highest BCUT2D eigenvalue weighted by Gasteiger charge is 2.21. The minimum absolute atomic E-state index is 0.0575. The van der Waals surface area contributed by atoms with E-state index in [9.17, 15) is 4.39 Å². The molecular weight excluding hydrogens is 265 g/mol. The van der Waals surface area contributed by atoms with Gasteiger partial charge >= 0.3 is 0 Å². The van der Waals surface area contributed by atoms with E-state index in [4.69, 9.17) is 16.3 Å². The van der Waals surface area contributed by atoms with E-state index in [-0.39, 0.29) is 11.1 Å². The molecule has 2 nitrogen and oxygen atoms in total. The largest absolute Gasteiger partial charge is 0.374 e. The number of fused-ring (bicyclic) bond motifs is 1. The Morgan fingerprint density at radius 2 is 2.00 bits per heavy atom. The smallest absolute Gasteiger partial charge is 0.164 e. The van der Waals surface area contributed by atoms with E-state index in [1.807, 2.05) is 24.3 Å². The maximum absolute atomic E-state index is 13.9. The molecule has 0 aliphatic carbocycles. The molecular formula is C15H13ClFNO. The third kappa shape index (κ3) is 2.44. The van der Waals surface area contributed by atoms with Crippen molar-refractivity contribution in [2.45, 2.75) is 12.6 Å². The van der Waals surface area contributed by atoms with E-state index in [0.29, 0.717) is 18.9 Å². The molecule has 0 bridgehead atoms. The van der Waals surface area contributed by atoms with Gasteiger partial charge in [-0.05, 0) is 23.3 Å². The zero-order valence-corrected chi connectivity index (χ0v) is 11.0. The van der Waals surface area contributed by atoms with Crippen LogP contribution in [0.15, 0.2) is 42.5 Å². The van der Waals surface area contributed by atoms with Crippen LogP contribution in [0.1, 0.15) is 17.2 Å². The molecule has 3 rings (SSSR count). The van der Waals surface area contributed by atoms with Gasteiger partial charge in [-0.15, -0.1) is 0 Å². The number of nitrogens with one attached hydrogen (secondary N) is 1. The molecule has 1 aliphatic rings. The predicted octanol–water partition coefficient (Wildman–Crippen LogP) is 4.16. The Morgan fingerprint density at radius 1 is 1.16 bits per heavy atom. The van der Waals surface area contributed by atoms with Gasteiger partial charge in [-0.25, -0.2) is 4.39 Å². The Labute approximate surface area is 116 Å². The lowest BCUT2D eigenvalue weighted by Gasteiger charge is -2.27. The van der Waals surface area contributed by atoms with Gasteiger partial charge in [0.25, 0.3) is 0 Å². The van der Waals surface area contributed by atoms with Gasteiger partial charge in [0.05, 0.1) is 30.0 Å². The Morgan fingerprint density at radius 3 is 2.89 bits per heavy atom. The molecule has 4 heteroatoms. The summed E-state index contributed by atoms with van der Waals surface area (Å²) in [5, 5.41) is 3.28. The summed E-state index contributed by atoms with van der Waals surface area (Å²) < 4.78 is 19.4. The van der Waals surface area contributed by atoms with Crippen LogP contribution in [-0.4, -0.2) is 6.61 Å². The topological polar surface area (TPSA) is 21.3 Å². The third-order valence-corrected chi connectivity index (χ3v) is 3.55. The molecule has 2 aromatic carbocycles. The van der Waals surface area contributed by atoms with Gasteiger partial charge in [0, 0.05) is 0 Å². The lowest BCUT2D eigenvalue weighted by atomic mass is 9.99. The Kier molecular flexibility index (Phi) is 3.40. The van der Waals surface area contributed by atoms with Crippen molar-refractivity contribution in [3.8, 4) is 0 Å². The summed E-state index contributed by atoms with van der Waals surface area (Å²) >= 11 is 5.79. The average molecular weight is 278 g/mol. The predicted molar refractivity (Wildman–Crippen MR) is 73.9 cm³/mol. The van der Waals surface area contributed by atoms with Crippen LogP contribution in [0, 0.1) is 5.82 Å². The lowest BCUT2D eigenvalue weighted by Crippen LogP contribution is -2.23. The van der Waals surface area contributed by atoms with Crippen LogP contribution in [0.25, 0.3) is 0 Å². The van der Waals surface area contributed by atoms with Crippen LogP contribution in [0.3, 0.4) is 0 Å². The van der Waals surface area contributed by atoms with Crippen molar-refractivity contribution < 1.29 is 9.13 Å². The standard InChI is InChI=1S/C15H13ClFNO/c16-12-6-3-7-13(15(12)17)18-14-9-19-8-10-4-1-2-5-11(10)14/h1-7,14,18H,8-9H2. The fourth-order valence-electron chi connectivity index (χ4n) is 2.30. The monoisotopic (exact) mass is 277 g/mol. The normalized spacial score (nSPS) is 17.9. The third-order valence-electron chi connectivity index (χ3n) is 3.25. The Hall–Kier alpha value is -1.58. The number of benzene rings is 2. The van der Waals surface area contributed by atoms with E-state index in [1.165, 1.54) is 6.07 Å². The molecule has 0 amide bonds. The molecule has 1 N–H and O–H groups in total. The SMILES string of the molecule is Fc1c(Cl)cccc1NC1COCc2ccccc21. The minimum atomic E-state index is -0.424. The number of ether oxygens (including phenoxy) is 1. The van der Waals surface area contributed by atoms with Crippen molar-refractivity contribution in [2.24, 2.45) is 0 Å². The first kappa shape index (κ1) is 12.5. The Bertz CT molecular complexity index is 602. The first-order valence-electron chi connectivity index (χ1n) is 6.12. The van der Waals surface area contributed by atoms with Crippen molar-refractivity contribution in [3.05, 3.63) is 64.4 Å². The highest BCUT2D eigenvalue weighted by molar-refractivity contribution is 6.31. The Balaban J connectivity index is 1.91. The average Bonchev–Trinajstić information content (AvgIpc) is 2.44. The van der Waals surface area contributed by atoms with Gasteiger partial charge in [0.15, 0.2) is 5.82 Å². The number of hydrogen-bond acceptors (Lipinski definition) is 2. The van der Waals surface area contributed by atoms with Crippen molar-refractivity contribution in [2.75, 3.05) is 11.9 Å². The van der Waals surface area contributed by atoms with Crippen LogP contribution in [0.2, 0.25) is 5.02 Å². The van der Waals surface area contributed by atoms with Crippen LogP contribution >= 0.6 is 11.6 Å². The maximum atomic E-state index is 13.9. The van der Waals surface area contributed by atoms with Crippen molar-refractivity contribution in [1.29, 1.82) is 0 Å². The fraction of sp³-hybridized carbons (Fsp3) is 0.200. The first-order chi connectivity index (χ1) is 9.25. The fourth-order valence-corrected chi connectivity index (χ4v) is 2.48. The summed E-state index contributed by atoms with van der Waals surface area (Å²) in [7, 11) is 0. The number of hydrogen-bond donors (Lipinski definition) is 1. The van der Waals surface area contributed by atoms with Gasteiger partial charge in [-0.2, -0.15) is 0 Å². The molecule has 0 saturated carbocycles. The summed E-state index contributed by atoms with van der Waals surface area (Å²) in [5.41, 5.74) is 2.68. The maximum Gasteiger partial charge on any atom is 0.164 e. The summed E-state index contributed by atoms with van der Waals surface area (Å²) in [6, 6.07) is 12.9. The van der Waals surface area contributed by atoms with Crippen LogP contribution in [0.5, 0.6) is 0 Å². The van der Waals surface area contributed by atoms with Crippen molar-refractivity contribution >= 4 is 17.3 Å². The zero-order valence-electron chi connectivity index (χ0n) is 10.2. The molecule has 1 atom stereocenters. The van der Waals surface area contributed by atoms with Crippen molar-refractivity contribution in [3.63, 3.8) is 0 Å². The molecule has 1 unspecified atom stereocenters. The van der Waals surface area contributed by atoms with E-state index >= 15 is 0 Å². The van der Waals surface area contributed by atoms with E-state index in [1.54, 1.807) is 12.1 Å². The van der Waals surface area contributed by atoms with Gasteiger partial charge in [-0.3, -0.25) is 0 Å². The second kappa shape index (κ2) is 5.19. The quantitative estimate of drug-likeness (QED) is 0.890. The second-order valence-corrected chi connectivity index (χ2v) is 4.92. The summed E-state index contributed by atoms with van der Waals surface area (Å²) in [4.78, 5) is 0. The molecule has 0 saturated heterocycles. The van der Waals surface area contributed by atoms with Crippen LogP contribution in [0.4, 0.5) is 10.1 Å². The second-order valence-electron chi connectivity index (χ2n) is 4.51. The molecule has 0 aromatic heterocycles. The number of halogens is 2. The van der Waals surface area contributed by atoms with E-state index in [0.717, 1.165) is 11.1 Å². The molecule has 98 valence electrons. The van der Waals surface area contributed by atoms with Crippen molar-refractivity contribution in [1.82, 2.24) is 0 Å². The summed E-state index contributed by atoms with van der Waals surface area (Å²) in [5.74, 6) is -0.424. The van der Waals surface area contributed by atoms with E-state index < -0.39 is 5.82 Å². The highest BCUT2D eigenvalue weighted by Crippen LogP contribution is 2.30. The number of rotatable bonds is 2. The molecule has 0 fully saturated rings. The summed E-state index contributed by atoms with van der Waals surface area (Å²) in [6.07, 6.45) is 0. The molecule has 1 aliphatic heterocycles. The van der Waals surface area contributed by atoms with Gasteiger partial charge in [-0.1, -0.05) is 41.9 Å². The zero-order chi connectivity index (χ0) is 13.2. The first-order valence-corrected chi connectivity index (χ1v) is 6.49. The van der Waals surface area contributed by atoms with Gasteiger partial charge < -0.3 is 10.1 Å². The molecule has 0 radical (unpaired) electrons. The lowest BCUT2D eigenvalue weighted by molar-refractivity contribution is 0.0969. The molecule has 0 spiro atoms. The van der Waals surface area contributed by atoms with Gasteiger partial charge in [0.1, 0.15) is 0 Å². The molecule has 2 aromatic rings.